The molecule has 1 N–H and O–H groups in total. The molecule has 122 valence electrons. The number of rotatable bonds is 4. The van der Waals surface area contributed by atoms with Gasteiger partial charge in [0.15, 0.2) is 0 Å². The van der Waals surface area contributed by atoms with E-state index in [1.165, 1.54) is 0 Å². The van der Waals surface area contributed by atoms with Gasteiger partial charge in [0.05, 0.1) is 16.8 Å². The Morgan fingerprint density at radius 2 is 2.04 bits per heavy atom. The number of pyridine rings is 2. The van der Waals surface area contributed by atoms with E-state index in [1.54, 1.807) is 23.7 Å². The molecule has 0 saturated carbocycles. The van der Waals surface area contributed by atoms with Gasteiger partial charge in [-0.25, -0.2) is 4.98 Å². The van der Waals surface area contributed by atoms with Crippen molar-refractivity contribution in [3.63, 3.8) is 0 Å². The zero-order valence-electron chi connectivity index (χ0n) is 13.3. The van der Waals surface area contributed by atoms with Gasteiger partial charge in [-0.15, -0.1) is 0 Å². The number of nitrogens with one attached hydrogen (secondary N) is 1. The second-order valence-electron chi connectivity index (χ2n) is 5.63. The summed E-state index contributed by atoms with van der Waals surface area (Å²) in [5, 5.41) is 7.87. The van der Waals surface area contributed by atoms with E-state index < -0.39 is 0 Å². The summed E-state index contributed by atoms with van der Waals surface area (Å²) in [5.74, 6) is -0.112. The standard InChI is InChI=1S/C20H15N3OS/c24-20(22-12-14-4-3-8-21-11-14)17-10-19(15-7-9-25-13-15)23-18-6-2-1-5-16(17)18/h1-11,13H,12H2,(H,22,24). The van der Waals surface area contributed by atoms with Gasteiger partial charge in [0.25, 0.3) is 5.91 Å². The summed E-state index contributed by atoms with van der Waals surface area (Å²) in [6, 6.07) is 15.4. The molecule has 0 radical (unpaired) electrons. The number of fused-ring (bicyclic) bond motifs is 1. The van der Waals surface area contributed by atoms with Gasteiger partial charge in [0.1, 0.15) is 0 Å². The minimum atomic E-state index is -0.112. The highest BCUT2D eigenvalue weighted by Crippen LogP contribution is 2.26. The SMILES string of the molecule is O=C(NCc1cccnc1)c1cc(-c2ccsc2)nc2ccccc12. The van der Waals surface area contributed by atoms with Crippen molar-refractivity contribution >= 4 is 28.1 Å². The number of amides is 1. The molecule has 0 saturated heterocycles. The molecular formula is C20H15N3OS. The van der Waals surface area contributed by atoms with Gasteiger partial charge in [-0.05, 0) is 35.2 Å². The molecule has 0 fully saturated rings. The number of thiophene rings is 1. The molecule has 0 unspecified atom stereocenters. The second kappa shape index (κ2) is 6.83. The predicted molar refractivity (Wildman–Crippen MR) is 100 cm³/mol. The van der Waals surface area contributed by atoms with Gasteiger partial charge in [0, 0.05) is 35.3 Å². The lowest BCUT2D eigenvalue weighted by atomic mass is 10.0. The van der Waals surface area contributed by atoms with Crippen molar-refractivity contribution in [2.45, 2.75) is 6.54 Å². The molecule has 3 aromatic heterocycles. The Hall–Kier alpha value is -3.05. The van der Waals surface area contributed by atoms with E-state index in [0.29, 0.717) is 12.1 Å². The summed E-state index contributed by atoms with van der Waals surface area (Å²) in [5.41, 5.74) is 4.25. The number of hydrogen-bond acceptors (Lipinski definition) is 4. The molecule has 0 atom stereocenters. The summed E-state index contributed by atoms with van der Waals surface area (Å²) in [7, 11) is 0. The number of benzene rings is 1. The number of carbonyl (C=O) groups excluding carboxylic acids is 1. The zero-order chi connectivity index (χ0) is 17.1. The zero-order valence-corrected chi connectivity index (χ0v) is 14.2. The third-order valence-electron chi connectivity index (χ3n) is 3.95. The molecule has 0 spiro atoms. The minimum Gasteiger partial charge on any atom is -0.348 e. The first-order valence-electron chi connectivity index (χ1n) is 7.91. The highest BCUT2D eigenvalue weighted by atomic mass is 32.1. The van der Waals surface area contributed by atoms with Crippen LogP contribution in [0.15, 0.2) is 71.7 Å². The van der Waals surface area contributed by atoms with E-state index in [0.717, 1.165) is 27.7 Å². The molecular weight excluding hydrogens is 330 g/mol. The van der Waals surface area contributed by atoms with Crippen LogP contribution in [-0.2, 0) is 6.54 Å². The third-order valence-corrected chi connectivity index (χ3v) is 4.64. The van der Waals surface area contributed by atoms with Crippen LogP contribution in [0.3, 0.4) is 0 Å². The Kier molecular flexibility index (Phi) is 4.23. The molecule has 4 rings (SSSR count). The molecule has 3 heterocycles. The van der Waals surface area contributed by atoms with E-state index in [-0.39, 0.29) is 5.91 Å². The molecule has 0 aliphatic heterocycles. The second-order valence-corrected chi connectivity index (χ2v) is 6.41. The predicted octanol–water partition coefficient (Wildman–Crippen LogP) is 4.29. The highest BCUT2D eigenvalue weighted by Gasteiger charge is 2.14. The summed E-state index contributed by atoms with van der Waals surface area (Å²) >= 11 is 1.61. The average molecular weight is 345 g/mol. The van der Waals surface area contributed by atoms with Crippen LogP contribution < -0.4 is 5.32 Å². The summed E-state index contributed by atoms with van der Waals surface area (Å²) in [4.78, 5) is 21.6. The van der Waals surface area contributed by atoms with Gasteiger partial charge in [-0.2, -0.15) is 11.3 Å². The van der Waals surface area contributed by atoms with E-state index in [2.05, 4.69) is 10.3 Å². The fourth-order valence-electron chi connectivity index (χ4n) is 2.70. The third kappa shape index (κ3) is 3.27. The normalized spacial score (nSPS) is 10.7. The summed E-state index contributed by atoms with van der Waals surface area (Å²) in [6.45, 7) is 0.442. The van der Waals surface area contributed by atoms with Gasteiger partial charge in [-0.3, -0.25) is 9.78 Å². The fraction of sp³-hybridized carbons (Fsp3) is 0.0500. The highest BCUT2D eigenvalue weighted by molar-refractivity contribution is 7.08. The first kappa shape index (κ1) is 15.5. The Labute approximate surface area is 149 Å². The lowest BCUT2D eigenvalue weighted by molar-refractivity contribution is 0.0952. The van der Waals surface area contributed by atoms with Gasteiger partial charge in [-0.1, -0.05) is 24.3 Å². The molecule has 25 heavy (non-hydrogen) atoms. The van der Waals surface area contributed by atoms with Crippen molar-refractivity contribution in [3.05, 3.63) is 82.8 Å². The molecule has 4 aromatic rings. The van der Waals surface area contributed by atoms with E-state index in [4.69, 9.17) is 4.98 Å². The van der Waals surface area contributed by atoms with Crippen LogP contribution in [0.5, 0.6) is 0 Å². The Balaban J connectivity index is 1.71. The smallest absolute Gasteiger partial charge is 0.252 e. The van der Waals surface area contributed by atoms with Crippen molar-refractivity contribution in [2.75, 3.05) is 0 Å². The quantitative estimate of drug-likeness (QED) is 0.600. The minimum absolute atomic E-state index is 0.112. The number of para-hydroxylation sites is 1. The van der Waals surface area contributed by atoms with Crippen LogP contribution in [0.1, 0.15) is 15.9 Å². The van der Waals surface area contributed by atoms with E-state index in [9.17, 15) is 4.79 Å². The Bertz CT molecular complexity index is 1010. The average Bonchev–Trinajstić information content (AvgIpc) is 3.21. The van der Waals surface area contributed by atoms with Crippen LogP contribution in [0.25, 0.3) is 22.2 Å². The topological polar surface area (TPSA) is 54.9 Å². The van der Waals surface area contributed by atoms with Crippen molar-refractivity contribution in [1.29, 1.82) is 0 Å². The number of hydrogen-bond donors (Lipinski definition) is 1. The lowest BCUT2D eigenvalue weighted by Crippen LogP contribution is -2.23. The summed E-state index contributed by atoms with van der Waals surface area (Å²) < 4.78 is 0. The van der Waals surface area contributed by atoms with Gasteiger partial charge >= 0.3 is 0 Å². The number of nitrogens with zero attached hydrogens (tertiary/aromatic N) is 2. The largest absolute Gasteiger partial charge is 0.348 e. The van der Waals surface area contributed by atoms with E-state index >= 15 is 0 Å². The molecule has 0 bridgehead atoms. The molecule has 0 aliphatic carbocycles. The molecule has 1 amide bonds. The molecule has 0 aliphatic rings. The van der Waals surface area contributed by atoms with Crippen molar-refractivity contribution in [2.24, 2.45) is 0 Å². The fourth-order valence-corrected chi connectivity index (χ4v) is 3.35. The van der Waals surface area contributed by atoms with Crippen LogP contribution >= 0.6 is 11.3 Å². The van der Waals surface area contributed by atoms with Crippen LogP contribution in [0, 0.1) is 0 Å². The van der Waals surface area contributed by atoms with Crippen LogP contribution in [0.2, 0.25) is 0 Å². The van der Waals surface area contributed by atoms with Crippen molar-refractivity contribution in [3.8, 4) is 11.3 Å². The van der Waals surface area contributed by atoms with Crippen LogP contribution in [0.4, 0.5) is 0 Å². The lowest BCUT2D eigenvalue weighted by Gasteiger charge is -2.10. The van der Waals surface area contributed by atoms with Crippen LogP contribution in [-0.4, -0.2) is 15.9 Å². The maximum Gasteiger partial charge on any atom is 0.252 e. The van der Waals surface area contributed by atoms with Crippen molar-refractivity contribution in [1.82, 2.24) is 15.3 Å². The Morgan fingerprint density at radius 3 is 2.84 bits per heavy atom. The number of aromatic nitrogens is 2. The van der Waals surface area contributed by atoms with Gasteiger partial charge in [0.2, 0.25) is 0 Å². The summed E-state index contributed by atoms with van der Waals surface area (Å²) in [6.07, 6.45) is 3.47. The maximum atomic E-state index is 12.8. The van der Waals surface area contributed by atoms with Crippen molar-refractivity contribution < 1.29 is 4.79 Å². The maximum absolute atomic E-state index is 12.8. The first-order valence-corrected chi connectivity index (χ1v) is 8.85. The molecule has 4 nitrogen and oxygen atoms in total. The molecule has 5 heteroatoms. The Morgan fingerprint density at radius 1 is 1.12 bits per heavy atom. The molecule has 1 aromatic carbocycles. The monoisotopic (exact) mass is 345 g/mol. The number of carbonyl (C=O) groups is 1. The van der Waals surface area contributed by atoms with Gasteiger partial charge < -0.3 is 5.32 Å². The van der Waals surface area contributed by atoms with E-state index in [1.807, 2.05) is 59.3 Å². The first-order chi connectivity index (χ1) is 12.3.